The predicted molar refractivity (Wildman–Crippen MR) is 104 cm³/mol. The van der Waals surface area contributed by atoms with Gasteiger partial charge in [0.25, 0.3) is 11.5 Å². The summed E-state index contributed by atoms with van der Waals surface area (Å²) in [5, 5.41) is 4.52. The number of para-hydroxylation sites is 1. The summed E-state index contributed by atoms with van der Waals surface area (Å²) in [4.78, 5) is 26.9. The van der Waals surface area contributed by atoms with Gasteiger partial charge in [-0.25, -0.2) is 4.39 Å². The van der Waals surface area contributed by atoms with E-state index in [9.17, 15) is 14.0 Å². The molecule has 5 nitrogen and oxygen atoms in total. The first-order valence-corrected chi connectivity index (χ1v) is 9.32. The zero-order valence-corrected chi connectivity index (χ0v) is 15.6. The lowest BCUT2D eigenvalue weighted by atomic mass is 10.2. The number of benzene rings is 2. The van der Waals surface area contributed by atoms with Gasteiger partial charge in [-0.3, -0.25) is 9.59 Å². The van der Waals surface area contributed by atoms with Gasteiger partial charge in [0.1, 0.15) is 11.5 Å². The van der Waals surface area contributed by atoms with Crippen LogP contribution in [0.25, 0.3) is 5.69 Å². The van der Waals surface area contributed by atoms with Crippen molar-refractivity contribution in [2.24, 2.45) is 0 Å². The van der Waals surface area contributed by atoms with E-state index in [1.165, 1.54) is 28.9 Å². The van der Waals surface area contributed by atoms with Crippen molar-refractivity contribution in [3.05, 3.63) is 93.1 Å². The van der Waals surface area contributed by atoms with E-state index in [1.54, 1.807) is 35.2 Å². The molecule has 0 unspecified atom stereocenters. The lowest BCUT2D eigenvalue weighted by molar-refractivity contribution is 0.0720. The molecular weight excluding hydrogens is 381 g/mol. The fraction of sp³-hybridized carbons (Fsp3) is 0.190. The van der Waals surface area contributed by atoms with Gasteiger partial charge in [-0.15, -0.1) is 0 Å². The molecule has 1 aliphatic carbocycles. The Morgan fingerprint density at radius 1 is 1.11 bits per heavy atom. The molecule has 0 saturated heterocycles. The summed E-state index contributed by atoms with van der Waals surface area (Å²) in [5.74, 6) is -0.806. The van der Waals surface area contributed by atoms with Crippen LogP contribution in [0.2, 0.25) is 5.02 Å². The van der Waals surface area contributed by atoms with Gasteiger partial charge in [0, 0.05) is 22.7 Å². The summed E-state index contributed by atoms with van der Waals surface area (Å²) in [6.07, 6.45) is 1.69. The van der Waals surface area contributed by atoms with Crippen LogP contribution in [0, 0.1) is 5.82 Å². The van der Waals surface area contributed by atoms with Crippen LogP contribution in [-0.4, -0.2) is 26.6 Å². The van der Waals surface area contributed by atoms with Gasteiger partial charge in [-0.2, -0.15) is 9.78 Å². The zero-order chi connectivity index (χ0) is 19.7. The van der Waals surface area contributed by atoms with Crippen molar-refractivity contribution in [2.75, 3.05) is 0 Å². The summed E-state index contributed by atoms with van der Waals surface area (Å²) in [5.41, 5.74) is 0.638. The molecule has 2 aromatic carbocycles. The molecule has 0 bridgehead atoms. The van der Waals surface area contributed by atoms with Crippen molar-refractivity contribution in [2.45, 2.75) is 25.4 Å². The Labute approximate surface area is 166 Å². The molecule has 0 atom stereocenters. The maximum Gasteiger partial charge on any atom is 0.274 e. The van der Waals surface area contributed by atoms with Crippen LogP contribution in [0.1, 0.15) is 28.9 Å². The quantitative estimate of drug-likeness (QED) is 0.657. The van der Waals surface area contributed by atoms with Crippen LogP contribution in [0.3, 0.4) is 0 Å². The SMILES string of the molecule is O=C(c1ccc(=O)n(-c2ccccc2)n1)N(Cc1c(F)cccc1Cl)C1CC1. The van der Waals surface area contributed by atoms with Crippen LogP contribution < -0.4 is 5.56 Å². The van der Waals surface area contributed by atoms with E-state index < -0.39 is 5.82 Å². The van der Waals surface area contributed by atoms with E-state index in [2.05, 4.69) is 5.10 Å². The third-order valence-corrected chi connectivity index (χ3v) is 5.01. The number of aromatic nitrogens is 2. The van der Waals surface area contributed by atoms with Gasteiger partial charge >= 0.3 is 0 Å². The van der Waals surface area contributed by atoms with Gasteiger partial charge in [-0.1, -0.05) is 35.9 Å². The highest BCUT2D eigenvalue weighted by Crippen LogP contribution is 2.31. The van der Waals surface area contributed by atoms with Gasteiger partial charge in [0.15, 0.2) is 0 Å². The van der Waals surface area contributed by atoms with Crippen LogP contribution in [0.4, 0.5) is 4.39 Å². The second-order valence-electron chi connectivity index (χ2n) is 6.67. The minimum atomic E-state index is -0.451. The molecule has 1 aliphatic rings. The Morgan fingerprint density at radius 3 is 2.54 bits per heavy atom. The largest absolute Gasteiger partial charge is 0.330 e. The first kappa shape index (κ1) is 18.4. The summed E-state index contributed by atoms with van der Waals surface area (Å²) in [6, 6.07) is 16.1. The minimum absolute atomic E-state index is 0.0158. The summed E-state index contributed by atoms with van der Waals surface area (Å²) in [7, 11) is 0. The van der Waals surface area contributed by atoms with Crippen molar-refractivity contribution >= 4 is 17.5 Å². The maximum absolute atomic E-state index is 14.2. The Bertz CT molecular complexity index is 1060. The first-order chi connectivity index (χ1) is 13.5. The maximum atomic E-state index is 14.2. The molecule has 1 heterocycles. The van der Waals surface area contributed by atoms with Crippen molar-refractivity contribution in [1.29, 1.82) is 0 Å². The Kier molecular flexibility index (Phi) is 4.96. The number of rotatable bonds is 5. The van der Waals surface area contributed by atoms with E-state index >= 15 is 0 Å². The molecule has 7 heteroatoms. The van der Waals surface area contributed by atoms with Crippen molar-refractivity contribution < 1.29 is 9.18 Å². The van der Waals surface area contributed by atoms with Crippen molar-refractivity contribution in [3.63, 3.8) is 0 Å². The number of hydrogen-bond donors (Lipinski definition) is 0. The third kappa shape index (κ3) is 3.68. The highest BCUT2D eigenvalue weighted by Gasteiger charge is 2.34. The minimum Gasteiger partial charge on any atom is -0.330 e. The van der Waals surface area contributed by atoms with E-state index in [1.807, 2.05) is 6.07 Å². The van der Waals surface area contributed by atoms with E-state index in [-0.39, 0.29) is 40.3 Å². The number of nitrogens with zero attached hydrogens (tertiary/aromatic N) is 3. The highest BCUT2D eigenvalue weighted by molar-refractivity contribution is 6.31. The molecule has 0 aliphatic heterocycles. The Morgan fingerprint density at radius 2 is 1.86 bits per heavy atom. The fourth-order valence-corrected chi connectivity index (χ4v) is 3.26. The third-order valence-electron chi connectivity index (χ3n) is 4.66. The first-order valence-electron chi connectivity index (χ1n) is 8.94. The lowest BCUT2D eigenvalue weighted by Gasteiger charge is -2.23. The van der Waals surface area contributed by atoms with E-state index in [0.717, 1.165) is 12.8 Å². The predicted octanol–water partition coefficient (Wildman–Crippen LogP) is 3.83. The molecule has 0 spiro atoms. The molecule has 1 amide bonds. The average Bonchev–Trinajstić information content (AvgIpc) is 3.53. The number of halogens is 2. The summed E-state index contributed by atoms with van der Waals surface area (Å²) >= 11 is 6.14. The van der Waals surface area contributed by atoms with Gasteiger partial charge in [0.05, 0.1) is 12.2 Å². The molecule has 1 fully saturated rings. The topological polar surface area (TPSA) is 55.2 Å². The van der Waals surface area contributed by atoms with Crippen molar-refractivity contribution in [1.82, 2.24) is 14.7 Å². The monoisotopic (exact) mass is 397 g/mol. The normalized spacial score (nSPS) is 13.4. The fourth-order valence-electron chi connectivity index (χ4n) is 3.03. The molecule has 142 valence electrons. The molecule has 1 saturated carbocycles. The van der Waals surface area contributed by atoms with Crippen LogP contribution in [-0.2, 0) is 6.54 Å². The van der Waals surface area contributed by atoms with Gasteiger partial charge in [0.2, 0.25) is 0 Å². The molecule has 28 heavy (non-hydrogen) atoms. The summed E-state index contributed by atoms with van der Waals surface area (Å²) in [6.45, 7) is 0.0567. The second kappa shape index (κ2) is 7.56. The van der Waals surface area contributed by atoms with Crippen molar-refractivity contribution in [3.8, 4) is 5.69 Å². The Balaban J connectivity index is 1.68. The lowest BCUT2D eigenvalue weighted by Crippen LogP contribution is -2.35. The number of amides is 1. The molecule has 1 aromatic heterocycles. The number of carbonyl (C=O) groups is 1. The second-order valence-corrected chi connectivity index (χ2v) is 7.08. The van der Waals surface area contributed by atoms with Crippen LogP contribution >= 0.6 is 11.6 Å². The van der Waals surface area contributed by atoms with E-state index in [4.69, 9.17) is 11.6 Å². The number of carbonyl (C=O) groups excluding carboxylic acids is 1. The standard InChI is InChI=1S/C21H17ClFN3O2/c22-17-7-4-8-18(23)16(17)13-25(14-9-10-14)21(28)19-11-12-20(27)26(24-19)15-5-2-1-3-6-15/h1-8,11-12,14H,9-10,13H2. The molecule has 3 aromatic rings. The zero-order valence-electron chi connectivity index (χ0n) is 14.9. The van der Waals surface area contributed by atoms with Gasteiger partial charge in [-0.05, 0) is 43.2 Å². The molecule has 0 radical (unpaired) electrons. The Hall–Kier alpha value is -2.99. The highest BCUT2D eigenvalue weighted by atomic mass is 35.5. The average molecular weight is 398 g/mol. The smallest absolute Gasteiger partial charge is 0.274 e. The van der Waals surface area contributed by atoms with Crippen LogP contribution in [0.15, 0.2) is 65.5 Å². The van der Waals surface area contributed by atoms with E-state index in [0.29, 0.717) is 5.69 Å². The van der Waals surface area contributed by atoms with Crippen LogP contribution in [0.5, 0.6) is 0 Å². The molecule has 4 rings (SSSR count). The number of hydrogen-bond acceptors (Lipinski definition) is 3. The molecular formula is C21H17ClFN3O2. The molecule has 0 N–H and O–H groups in total. The van der Waals surface area contributed by atoms with Gasteiger partial charge < -0.3 is 4.90 Å². The summed E-state index contributed by atoms with van der Waals surface area (Å²) < 4.78 is 15.4.